The topological polar surface area (TPSA) is 237 Å². The number of hydrogen-bond acceptors (Lipinski definition) is 15. The van der Waals surface area contributed by atoms with Gasteiger partial charge in [0, 0.05) is 25.7 Å². The fourth-order valence-corrected chi connectivity index (χ4v) is 12.7. The van der Waals surface area contributed by atoms with E-state index in [2.05, 4.69) is 76.3 Å². The molecule has 0 heterocycles. The Labute approximate surface area is 597 Å². The van der Waals surface area contributed by atoms with Crippen molar-refractivity contribution in [2.24, 2.45) is 0 Å². The molecule has 0 aliphatic heterocycles. The summed E-state index contributed by atoms with van der Waals surface area (Å²) in [6.45, 7) is 4.88. The van der Waals surface area contributed by atoms with Crippen molar-refractivity contribution in [1.82, 2.24) is 0 Å². The van der Waals surface area contributed by atoms with Crippen LogP contribution >= 0.6 is 15.6 Å². The van der Waals surface area contributed by atoms with Crippen molar-refractivity contribution in [3.8, 4) is 0 Å². The van der Waals surface area contributed by atoms with Crippen LogP contribution < -0.4 is 0 Å². The van der Waals surface area contributed by atoms with Crippen molar-refractivity contribution in [1.29, 1.82) is 0 Å². The van der Waals surface area contributed by atoms with E-state index in [9.17, 15) is 43.2 Å². The Morgan fingerprint density at radius 2 is 0.500 bits per heavy atom. The second-order valence-corrected chi connectivity index (χ2v) is 29.9. The maximum atomic E-state index is 13.1. The number of hydrogen-bond donors (Lipinski definition) is 3. The molecule has 574 valence electrons. The summed E-state index contributed by atoms with van der Waals surface area (Å²) in [4.78, 5) is 72.9. The minimum absolute atomic E-state index is 0.0806. The van der Waals surface area contributed by atoms with E-state index < -0.39 is 97.5 Å². The number of carbonyl (C=O) groups excluding carboxylic acids is 4. The molecule has 0 saturated heterocycles. The molecular weight excluding hydrogens is 1280 g/mol. The van der Waals surface area contributed by atoms with Crippen LogP contribution in [-0.2, 0) is 65.4 Å². The molecule has 3 N–H and O–H groups in total. The molecule has 0 saturated carbocycles. The molecule has 0 radical (unpaired) electrons. The Morgan fingerprint density at radius 1 is 0.286 bits per heavy atom. The molecular formula is C79H146O17P2. The number of rotatable bonds is 76. The van der Waals surface area contributed by atoms with E-state index in [4.69, 9.17) is 37.0 Å². The SMILES string of the molecule is CCCCCC/C=C\C=C/CCCCCCCC(=O)O[C@H](COC(=O)CCCCCCC/C=C\CCCCCCCC)COP(=O)(O)OC[C@H](O)COP(=O)(O)OC[C@@H](COC(=O)CCCCCCC/C=C\CCCCCCCC)OC(=O)CCCCCCCCCCCCCCC. The lowest BCUT2D eigenvalue weighted by Gasteiger charge is -2.21. The Hall–Kier alpha value is -2.98. The van der Waals surface area contributed by atoms with Gasteiger partial charge in [-0.05, 0) is 103 Å². The van der Waals surface area contributed by atoms with Crippen LogP contribution in [0.1, 0.15) is 374 Å². The van der Waals surface area contributed by atoms with Crippen LogP contribution in [0, 0.1) is 0 Å². The van der Waals surface area contributed by atoms with Crippen LogP contribution in [0.25, 0.3) is 0 Å². The largest absolute Gasteiger partial charge is 0.472 e. The summed E-state index contributed by atoms with van der Waals surface area (Å²) < 4.78 is 68.6. The Morgan fingerprint density at radius 3 is 0.776 bits per heavy atom. The number of unbranched alkanes of at least 4 members (excludes halogenated alkanes) is 43. The molecule has 0 spiro atoms. The first-order chi connectivity index (χ1) is 47.7. The molecule has 0 amide bonds. The fourth-order valence-electron chi connectivity index (χ4n) is 11.1. The van der Waals surface area contributed by atoms with Gasteiger partial charge in [0.25, 0.3) is 0 Å². The molecule has 0 bridgehead atoms. The van der Waals surface area contributed by atoms with Crippen molar-refractivity contribution in [3.05, 3.63) is 48.6 Å². The van der Waals surface area contributed by atoms with Gasteiger partial charge >= 0.3 is 39.5 Å². The number of aliphatic hydroxyl groups excluding tert-OH is 1. The third-order valence-electron chi connectivity index (χ3n) is 17.3. The third kappa shape index (κ3) is 71.4. The molecule has 0 rings (SSSR count). The molecule has 0 aliphatic carbocycles. The van der Waals surface area contributed by atoms with Crippen LogP contribution in [0.3, 0.4) is 0 Å². The zero-order chi connectivity index (χ0) is 71.8. The number of phosphoric acid groups is 2. The Bertz CT molecular complexity index is 2050. The number of ether oxygens (including phenoxy) is 4. The third-order valence-corrected chi connectivity index (χ3v) is 19.2. The first kappa shape index (κ1) is 95.0. The molecule has 98 heavy (non-hydrogen) atoms. The maximum Gasteiger partial charge on any atom is 0.472 e. The predicted molar refractivity (Wildman–Crippen MR) is 400 cm³/mol. The lowest BCUT2D eigenvalue weighted by atomic mass is 10.0. The van der Waals surface area contributed by atoms with Gasteiger partial charge in [-0.25, -0.2) is 9.13 Å². The quantitative estimate of drug-likeness (QED) is 0.0128. The zero-order valence-corrected chi connectivity index (χ0v) is 64.5. The summed E-state index contributed by atoms with van der Waals surface area (Å²) in [5.41, 5.74) is 0. The summed E-state index contributed by atoms with van der Waals surface area (Å²) in [5, 5.41) is 10.6. The lowest BCUT2D eigenvalue weighted by Crippen LogP contribution is -2.30. The highest BCUT2D eigenvalue weighted by molar-refractivity contribution is 7.47. The summed E-state index contributed by atoms with van der Waals surface area (Å²) in [6.07, 6.45) is 69.4. The predicted octanol–water partition coefficient (Wildman–Crippen LogP) is 22.9. The van der Waals surface area contributed by atoms with Crippen molar-refractivity contribution in [2.75, 3.05) is 39.6 Å². The molecule has 0 aromatic heterocycles. The van der Waals surface area contributed by atoms with Gasteiger partial charge in [-0.1, -0.05) is 295 Å². The minimum atomic E-state index is -4.97. The molecule has 17 nitrogen and oxygen atoms in total. The van der Waals surface area contributed by atoms with E-state index >= 15 is 0 Å². The highest BCUT2D eigenvalue weighted by Gasteiger charge is 2.30. The Balaban J connectivity index is 5.33. The van der Waals surface area contributed by atoms with Gasteiger partial charge in [-0.3, -0.25) is 37.3 Å². The first-order valence-corrected chi connectivity index (χ1v) is 42.9. The van der Waals surface area contributed by atoms with Crippen LogP contribution in [0.4, 0.5) is 0 Å². The smallest absolute Gasteiger partial charge is 0.462 e. The van der Waals surface area contributed by atoms with E-state index in [1.54, 1.807) is 0 Å². The van der Waals surface area contributed by atoms with Crippen LogP contribution in [-0.4, -0.2) is 96.7 Å². The first-order valence-electron chi connectivity index (χ1n) is 39.9. The molecule has 19 heteroatoms. The zero-order valence-electron chi connectivity index (χ0n) is 62.7. The minimum Gasteiger partial charge on any atom is -0.462 e. The lowest BCUT2D eigenvalue weighted by molar-refractivity contribution is -0.161. The second kappa shape index (κ2) is 72.4. The molecule has 2 unspecified atom stereocenters. The fraction of sp³-hybridized carbons (Fsp3) is 0.848. The van der Waals surface area contributed by atoms with E-state index in [-0.39, 0.29) is 25.7 Å². The Kier molecular flexibility index (Phi) is 70.2. The van der Waals surface area contributed by atoms with E-state index in [1.165, 1.54) is 154 Å². The molecule has 5 atom stereocenters. The van der Waals surface area contributed by atoms with Gasteiger partial charge in [0.1, 0.15) is 19.3 Å². The van der Waals surface area contributed by atoms with Crippen molar-refractivity contribution in [2.45, 2.75) is 393 Å². The second-order valence-electron chi connectivity index (χ2n) is 27.0. The molecule has 0 fully saturated rings. The standard InChI is InChI=1S/C79H146O17P2/c1-5-9-13-17-21-25-29-33-36-40-43-47-51-55-59-63-76(81)89-69-74(95-78(83)65-61-57-53-49-45-39-32-28-24-20-16-12-8-4)71-93-97(85,86)91-67-73(80)68-92-98(87,88)94-72-75(96-79(84)66-62-58-54-50-46-42-38-35-31-27-23-19-15-11-7-3)70-90-77(82)64-60-56-52-48-44-41-37-34-30-26-22-18-14-10-6-2/h27,31,33-38,73-75,80H,5-26,28-30,32,39-72H2,1-4H3,(H,85,86)(H,87,88)/b31-27-,36-33-,37-34-,38-35-/t73-,74-,75-/m1/s1. The summed E-state index contributed by atoms with van der Waals surface area (Å²) in [5.74, 6) is -2.17. The van der Waals surface area contributed by atoms with E-state index in [1.807, 2.05) is 0 Å². The number of esters is 4. The highest BCUT2D eigenvalue weighted by Crippen LogP contribution is 2.45. The number of aliphatic hydroxyl groups is 1. The van der Waals surface area contributed by atoms with Gasteiger partial charge in [-0.2, -0.15) is 0 Å². The van der Waals surface area contributed by atoms with Gasteiger partial charge in [0.2, 0.25) is 0 Å². The maximum absolute atomic E-state index is 13.1. The van der Waals surface area contributed by atoms with Crippen LogP contribution in [0.15, 0.2) is 48.6 Å². The molecule has 0 aromatic carbocycles. The average Bonchev–Trinajstić information content (AvgIpc) is 0.984. The number of allylic oxidation sites excluding steroid dienone is 8. The summed E-state index contributed by atoms with van der Waals surface area (Å²) in [7, 11) is -9.94. The monoisotopic (exact) mass is 1430 g/mol. The number of carbonyl (C=O) groups is 4. The number of phosphoric ester groups is 2. The van der Waals surface area contributed by atoms with E-state index in [0.717, 1.165) is 141 Å². The summed E-state index contributed by atoms with van der Waals surface area (Å²) in [6, 6.07) is 0. The van der Waals surface area contributed by atoms with Crippen LogP contribution in [0.5, 0.6) is 0 Å². The van der Waals surface area contributed by atoms with Crippen molar-refractivity contribution >= 4 is 39.5 Å². The van der Waals surface area contributed by atoms with Crippen LogP contribution in [0.2, 0.25) is 0 Å². The van der Waals surface area contributed by atoms with Crippen molar-refractivity contribution in [3.63, 3.8) is 0 Å². The van der Waals surface area contributed by atoms with Gasteiger partial charge < -0.3 is 33.8 Å². The summed E-state index contributed by atoms with van der Waals surface area (Å²) >= 11 is 0. The van der Waals surface area contributed by atoms with E-state index in [0.29, 0.717) is 25.7 Å². The van der Waals surface area contributed by atoms with Gasteiger partial charge in [-0.15, -0.1) is 0 Å². The highest BCUT2D eigenvalue weighted by atomic mass is 31.2. The molecule has 0 aromatic rings. The van der Waals surface area contributed by atoms with Gasteiger partial charge in [0.15, 0.2) is 12.2 Å². The van der Waals surface area contributed by atoms with Gasteiger partial charge in [0.05, 0.1) is 26.4 Å². The average molecular weight is 1430 g/mol. The normalized spacial score (nSPS) is 14.2. The molecule has 0 aliphatic rings. The van der Waals surface area contributed by atoms with Crippen molar-refractivity contribution < 1.29 is 80.2 Å².